The van der Waals surface area contributed by atoms with Gasteiger partial charge in [-0.1, -0.05) is 0 Å². The molecule has 0 bridgehead atoms. The molecule has 23 heavy (non-hydrogen) atoms. The number of aromatic nitrogens is 3. The van der Waals surface area contributed by atoms with Crippen LogP contribution in [-0.4, -0.2) is 28.0 Å². The first-order valence-electron chi connectivity index (χ1n) is 7.97. The fraction of sp³-hybridized carbons (Fsp3) is 0.278. The predicted molar refractivity (Wildman–Crippen MR) is 94.6 cm³/mol. The summed E-state index contributed by atoms with van der Waals surface area (Å²) in [5, 5.41) is 4.22. The summed E-state index contributed by atoms with van der Waals surface area (Å²) in [6.07, 6.45) is 9.37. The SMILES string of the molecule is c1cncc(-c2nc(N3CCCCC3)ncc2-c2ccsc2)c1. The van der Waals surface area contributed by atoms with Crippen molar-refractivity contribution in [1.29, 1.82) is 0 Å². The fourth-order valence-corrected chi connectivity index (χ4v) is 3.63. The van der Waals surface area contributed by atoms with Gasteiger partial charge in [-0.2, -0.15) is 11.3 Å². The summed E-state index contributed by atoms with van der Waals surface area (Å²) < 4.78 is 0. The van der Waals surface area contributed by atoms with Crippen molar-refractivity contribution in [3.8, 4) is 22.4 Å². The molecular formula is C18H18N4S. The maximum atomic E-state index is 4.90. The van der Waals surface area contributed by atoms with Crippen molar-refractivity contribution in [3.05, 3.63) is 47.5 Å². The third-order valence-electron chi connectivity index (χ3n) is 4.18. The topological polar surface area (TPSA) is 41.9 Å². The first-order chi connectivity index (χ1) is 11.4. The molecule has 1 saturated heterocycles. The van der Waals surface area contributed by atoms with E-state index in [-0.39, 0.29) is 0 Å². The molecule has 0 saturated carbocycles. The van der Waals surface area contributed by atoms with Gasteiger partial charge in [-0.05, 0) is 53.8 Å². The molecule has 3 aromatic heterocycles. The molecular weight excluding hydrogens is 304 g/mol. The average Bonchev–Trinajstić information content (AvgIpc) is 3.17. The first kappa shape index (κ1) is 14.3. The van der Waals surface area contributed by atoms with Gasteiger partial charge in [0, 0.05) is 42.8 Å². The van der Waals surface area contributed by atoms with Crippen LogP contribution in [0, 0.1) is 0 Å². The van der Waals surface area contributed by atoms with Crippen molar-refractivity contribution in [3.63, 3.8) is 0 Å². The van der Waals surface area contributed by atoms with Crippen LogP contribution < -0.4 is 4.90 Å². The molecule has 1 fully saturated rings. The van der Waals surface area contributed by atoms with E-state index in [0.717, 1.165) is 35.9 Å². The quantitative estimate of drug-likeness (QED) is 0.722. The van der Waals surface area contributed by atoms with Crippen molar-refractivity contribution in [2.75, 3.05) is 18.0 Å². The lowest BCUT2D eigenvalue weighted by Gasteiger charge is -2.27. The molecule has 0 N–H and O–H groups in total. The Morgan fingerprint density at radius 1 is 1.00 bits per heavy atom. The lowest BCUT2D eigenvalue weighted by molar-refractivity contribution is 0.568. The van der Waals surface area contributed by atoms with Gasteiger partial charge < -0.3 is 4.90 Å². The van der Waals surface area contributed by atoms with E-state index < -0.39 is 0 Å². The molecule has 0 spiro atoms. The second-order valence-electron chi connectivity index (χ2n) is 5.73. The summed E-state index contributed by atoms with van der Waals surface area (Å²) in [6, 6.07) is 6.13. The number of rotatable bonds is 3. The Morgan fingerprint density at radius 3 is 2.65 bits per heavy atom. The van der Waals surface area contributed by atoms with Crippen LogP contribution in [0.4, 0.5) is 5.95 Å². The summed E-state index contributed by atoms with van der Waals surface area (Å²) in [7, 11) is 0. The van der Waals surface area contributed by atoms with E-state index in [1.807, 2.05) is 18.5 Å². The van der Waals surface area contributed by atoms with Gasteiger partial charge in [-0.25, -0.2) is 9.97 Å². The van der Waals surface area contributed by atoms with Crippen LogP contribution in [0.5, 0.6) is 0 Å². The summed E-state index contributed by atoms with van der Waals surface area (Å²) in [6.45, 7) is 2.09. The highest BCUT2D eigenvalue weighted by atomic mass is 32.1. The average molecular weight is 322 g/mol. The second kappa shape index (κ2) is 6.46. The van der Waals surface area contributed by atoms with E-state index in [2.05, 4.69) is 37.8 Å². The summed E-state index contributed by atoms with van der Waals surface area (Å²) in [5.74, 6) is 0.836. The largest absolute Gasteiger partial charge is 0.341 e. The molecule has 4 nitrogen and oxygen atoms in total. The Balaban J connectivity index is 1.81. The Kier molecular flexibility index (Phi) is 4.03. The number of pyridine rings is 1. The molecule has 5 heteroatoms. The highest BCUT2D eigenvalue weighted by Gasteiger charge is 2.17. The van der Waals surface area contributed by atoms with Gasteiger partial charge in [-0.3, -0.25) is 4.98 Å². The van der Waals surface area contributed by atoms with Crippen LogP contribution >= 0.6 is 11.3 Å². The lowest BCUT2D eigenvalue weighted by Crippen LogP contribution is -2.31. The lowest BCUT2D eigenvalue weighted by atomic mass is 10.0. The maximum Gasteiger partial charge on any atom is 0.225 e. The van der Waals surface area contributed by atoms with Crippen LogP contribution in [0.1, 0.15) is 19.3 Å². The van der Waals surface area contributed by atoms with Crippen LogP contribution in [0.15, 0.2) is 47.5 Å². The molecule has 0 radical (unpaired) electrons. The minimum atomic E-state index is 0.836. The monoisotopic (exact) mass is 322 g/mol. The van der Waals surface area contributed by atoms with E-state index in [4.69, 9.17) is 4.98 Å². The summed E-state index contributed by atoms with van der Waals surface area (Å²) >= 11 is 1.69. The zero-order valence-corrected chi connectivity index (χ0v) is 13.7. The Labute approximate surface area is 139 Å². The molecule has 1 aliphatic heterocycles. The zero-order chi connectivity index (χ0) is 15.5. The second-order valence-corrected chi connectivity index (χ2v) is 6.51. The molecule has 116 valence electrons. The summed E-state index contributed by atoms with van der Waals surface area (Å²) in [5.41, 5.74) is 4.24. The third kappa shape index (κ3) is 2.97. The van der Waals surface area contributed by atoms with Gasteiger partial charge in [0.2, 0.25) is 5.95 Å². The van der Waals surface area contributed by atoms with E-state index >= 15 is 0 Å². The molecule has 0 aromatic carbocycles. The first-order valence-corrected chi connectivity index (χ1v) is 8.91. The molecule has 0 atom stereocenters. The van der Waals surface area contributed by atoms with Crippen molar-refractivity contribution in [1.82, 2.24) is 15.0 Å². The molecule has 1 aliphatic rings. The molecule has 4 rings (SSSR count). The number of hydrogen-bond acceptors (Lipinski definition) is 5. The van der Waals surface area contributed by atoms with Crippen molar-refractivity contribution in [2.24, 2.45) is 0 Å². The minimum absolute atomic E-state index is 0.836. The zero-order valence-electron chi connectivity index (χ0n) is 12.9. The van der Waals surface area contributed by atoms with E-state index in [9.17, 15) is 0 Å². The van der Waals surface area contributed by atoms with Gasteiger partial charge in [0.05, 0.1) is 5.69 Å². The van der Waals surface area contributed by atoms with Gasteiger partial charge in [0.15, 0.2) is 0 Å². The van der Waals surface area contributed by atoms with E-state index in [1.54, 1.807) is 17.5 Å². The molecule has 4 heterocycles. The molecule has 0 unspecified atom stereocenters. The number of thiophene rings is 1. The predicted octanol–water partition coefficient (Wildman–Crippen LogP) is 4.26. The highest BCUT2D eigenvalue weighted by Crippen LogP contribution is 2.32. The maximum absolute atomic E-state index is 4.90. The van der Waals surface area contributed by atoms with Crippen LogP contribution in [0.3, 0.4) is 0 Å². The van der Waals surface area contributed by atoms with Crippen LogP contribution in [0.25, 0.3) is 22.4 Å². The highest BCUT2D eigenvalue weighted by molar-refractivity contribution is 7.08. The van der Waals surface area contributed by atoms with Gasteiger partial charge in [-0.15, -0.1) is 0 Å². The Bertz CT molecular complexity index is 765. The molecule has 3 aromatic rings. The van der Waals surface area contributed by atoms with Crippen LogP contribution in [-0.2, 0) is 0 Å². The number of anilines is 1. The van der Waals surface area contributed by atoms with E-state index in [0.29, 0.717) is 0 Å². The number of nitrogens with zero attached hydrogens (tertiary/aromatic N) is 4. The van der Waals surface area contributed by atoms with Gasteiger partial charge >= 0.3 is 0 Å². The van der Waals surface area contributed by atoms with Crippen molar-refractivity contribution in [2.45, 2.75) is 19.3 Å². The van der Waals surface area contributed by atoms with Gasteiger partial charge in [0.25, 0.3) is 0 Å². The molecule has 0 amide bonds. The third-order valence-corrected chi connectivity index (χ3v) is 4.87. The Hall–Kier alpha value is -2.27. The standard InChI is InChI=1S/C18H18N4S/c1-2-8-22(9-3-1)18-20-12-16(15-6-10-23-13-15)17(21-18)14-5-4-7-19-11-14/h4-7,10-13H,1-3,8-9H2. The summed E-state index contributed by atoms with van der Waals surface area (Å²) in [4.78, 5) is 16.1. The minimum Gasteiger partial charge on any atom is -0.341 e. The smallest absolute Gasteiger partial charge is 0.225 e. The number of hydrogen-bond donors (Lipinski definition) is 0. The fourth-order valence-electron chi connectivity index (χ4n) is 2.97. The van der Waals surface area contributed by atoms with Gasteiger partial charge in [0.1, 0.15) is 0 Å². The van der Waals surface area contributed by atoms with Crippen molar-refractivity contribution >= 4 is 17.3 Å². The number of piperidine rings is 1. The van der Waals surface area contributed by atoms with E-state index in [1.165, 1.54) is 24.8 Å². The Morgan fingerprint density at radius 2 is 1.91 bits per heavy atom. The van der Waals surface area contributed by atoms with Crippen LogP contribution in [0.2, 0.25) is 0 Å². The molecule has 0 aliphatic carbocycles. The van der Waals surface area contributed by atoms with Crippen molar-refractivity contribution < 1.29 is 0 Å². The normalized spacial score (nSPS) is 14.9.